The van der Waals surface area contributed by atoms with Gasteiger partial charge in [0.15, 0.2) is 0 Å². The van der Waals surface area contributed by atoms with Crippen LogP contribution >= 0.6 is 0 Å². The molecule has 1 aromatic carbocycles. The molecule has 2 nitrogen and oxygen atoms in total. The molecule has 1 aliphatic rings. The van der Waals surface area contributed by atoms with Crippen LogP contribution in [0.5, 0.6) is 5.75 Å². The molecule has 0 bridgehead atoms. The Kier molecular flexibility index (Phi) is 2.47. The van der Waals surface area contributed by atoms with E-state index in [1.54, 1.807) is 0 Å². The first-order chi connectivity index (χ1) is 6.98. The largest absolute Gasteiger partial charge is 0.463 e. The van der Waals surface area contributed by atoms with E-state index in [2.05, 4.69) is 32.0 Å². The van der Waals surface area contributed by atoms with Gasteiger partial charge >= 0.3 is 0 Å². The summed E-state index contributed by atoms with van der Waals surface area (Å²) >= 11 is 0. The lowest BCUT2D eigenvalue weighted by Gasteiger charge is -2.33. The second-order valence-corrected chi connectivity index (χ2v) is 4.81. The molecule has 0 aromatic heterocycles. The van der Waals surface area contributed by atoms with E-state index in [1.807, 2.05) is 13.8 Å². The second-order valence-electron chi connectivity index (χ2n) is 4.81. The molecule has 1 aliphatic heterocycles. The van der Waals surface area contributed by atoms with Crippen molar-refractivity contribution in [2.24, 2.45) is 0 Å². The van der Waals surface area contributed by atoms with Gasteiger partial charge in [-0.25, -0.2) is 0 Å². The van der Waals surface area contributed by atoms with Gasteiger partial charge in [0.05, 0.1) is 6.61 Å². The van der Waals surface area contributed by atoms with Gasteiger partial charge in [-0.2, -0.15) is 0 Å². The van der Waals surface area contributed by atoms with E-state index in [-0.39, 0.29) is 0 Å². The third-order valence-corrected chi connectivity index (χ3v) is 2.69. The molecule has 0 N–H and O–H groups in total. The highest BCUT2D eigenvalue weighted by molar-refractivity contribution is 5.39. The molecule has 0 radical (unpaired) electrons. The van der Waals surface area contributed by atoms with Crippen molar-refractivity contribution >= 4 is 0 Å². The van der Waals surface area contributed by atoms with Gasteiger partial charge in [-0.15, -0.1) is 0 Å². The Balaban J connectivity index is 2.35. The molecule has 1 aromatic rings. The van der Waals surface area contributed by atoms with Crippen molar-refractivity contribution in [3.05, 3.63) is 29.3 Å². The molecule has 1 heterocycles. The average molecular weight is 206 g/mol. The maximum atomic E-state index is 5.79. The van der Waals surface area contributed by atoms with Crippen LogP contribution in [0.3, 0.4) is 0 Å². The standard InChI is InChI=1S/C13H18O2/c1-9(2)10-5-6-11-8-14-13(3,4)15-12(11)7-10/h5-7,9H,8H2,1-4H3. The Morgan fingerprint density at radius 2 is 2.00 bits per heavy atom. The van der Waals surface area contributed by atoms with Crippen LogP contribution in [-0.2, 0) is 11.3 Å². The van der Waals surface area contributed by atoms with Crippen molar-refractivity contribution in [3.8, 4) is 5.75 Å². The smallest absolute Gasteiger partial charge is 0.205 e. The average Bonchev–Trinajstić information content (AvgIpc) is 2.15. The minimum Gasteiger partial charge on any atom is -0.463 e. The summed E-state index contributed by atoms with van der Waals surface area (Å²) in [5, 5.41) is 0. The molecule has 0 saturated heterocycles. The summed E-state index contributed by atoms with van der Waals surface area (Å²) in [5.74, 6) is 1.00. The van der Waals surface area contributed by atoms with E-state index in [0.29, 0.717) is 12.5 Å². The Morgan fingerprint density at radius 1 is 1.27 bits per heavy atom. The van der Waals surface area contributed by atoms with Crippen LogP contribution in [0.1, 0.15) is 44.7 Å². The predicted octanol–water partition coefficient (Wildman–Crippen LogP) is 3.46. The molecule has 0 spiro atoms. The molecular weight excluding hydrogens is 188 g/mol. The molecule has 0 saturated carbocycles. The third kappa shape index (κ3) is 2.15. The van der Waals surface area contributed by atoms with Crippen molar-refractivity contribution in [3.63, 3.8) is 0 Å². The van der Waals surface area contributed by atoms with Crippen LogP contribution in [0.2, 0.25) is 0 Å². The quantitative estimate of drug-likeness (QED) is 0.700. The van der Waals surface area contributed by atoms with Crippen molar-refractivity contribution < 1.29 is 9.47 Å². The van der Waals surface area contributed by atoms with Crippen LogP contribution in [0, 0.1) is 0 Å². The van der Waals surface area contributed by atoms with Crippen LogP contribution in [0.25, 0.3) is 0 Å². The van der Waals surface area contributed by atoms with Crippen LogP contribution in [-0.4, -0.2) is 5.79 Å². The SMILES string of the molecule is CC(C)c1ccc2c(c1)OC(C)(C)OC2. The summed E-state index contributed by atoms with van der Waals surface area (Å²) in [6.07, 6.45) is 0. The summed E-state index contributed by atoms with van der Waals surface area (Å²) < 4.78 is 11.4. The van der Waals surface area contributed by atoms with Gasteiger partial charge in [-0.05, 0) is 17.5 Å². The summed E-state index contributed by atoms with van der Waals surface area (Å²) in [5.41, 5.74) is 2.45. The first kappa shape index (κ1) is 10.5. The molecule has 0 unspecified atom stereocenters. The zero-order valence-corrected chi connectivity index (χ0v) is 9.83. The van der Waals surface area contributed by atoms with Gasteiger partial charge in [0, 0.05) is 19.4 Å². The van der Waals surface area contributed by atoms with E-state index in [4.69, 9.17) is 9.47 Å². The number of hydrogen-bond acceptors (Lipinski definition) is 2. The lowest BCUT2D eigenvalue weighted by Crippen LogP contribution is -2.35. The van der Waals surface area contributed by atoms with Crippen LogP contribution < -0.4 is 4.74 Å². The number of ether oxygens (including phenoxy) is 2. The molecule has 0 atom stereocenters. The second kappa shape index (κ2) is 3.53. The van der Waals surface area contributed by atoms with Crippen molar-refractivity contribution in [2.75, 3.05) is 0 Å². The highest BCUT2D eigenvalue weighted by Gasteiger charge is 2.27. The van der Waals surface area contributed by atoms with E-state index >= 15 is 0 Å². The van der Waals surface area contributed by atoms with Gasteiger partial charge in [0.1, 0.15) is 5.75 Å². The van der Waals surface area contributed by atoms with E-state index in [9.17, 15) is 0 Å². The zero-order chi connectivity index (χ0) is 11.1. The summed E-state index contributed by atoms with van der Waals surface area (Å²) in [6, 6.07) is 6.37. The van der Waals surface area contributed by atoms with Gasteiger partial charge in [0.2, 0.25) is 5.79 Å². The normalized spacial score (nSPS) is 18.5. The monoisotopic (exact) mass is 206 g/mol. The Labute approximate surface area is 91.2 Å². The van der Waals surface area contributed by atoms with E-state index in [0.717, 1.165) is 11.3 Å². The summed E-state index contributed by atoms with van der Waals surface area (Å²) in [7, 11) is 0. The van der Waals surface area contributed by atoms with Gasteiger partial charge < -0.3 is 9.47 Å². The van der Waals surface area contributed by atoms with Gasteiger partial charge in [0.25, 0.3) is 0 Å². The maximum Gasteiger partial charge on any atom is 0.205 e. The van der Waals surface area contributed by atoms with Crippen molar-refractivity contribution in [1.82, 2.24) is 0 Å². The topological polar surface area (TPSA) is 18.5 Å². The third-order valence-electron chi connectivity index (χ3n) is 2.69. The Bertz CT molecular complexity index is 367. The maximum absolute atomic E-state index is 5.79. The highest BCUT2D eigenvalue weighted by Crippen LogP contribution is 2.33. The number of hydrogen-bond donors (Lipinski definition) is 0. The van der Waals surface area contributed by atoms with Gasteiger partial charge in [-0.3, -0.25) is 0 Å². The lowest BCUT2D eigenvalue weighted by molar-refractivity contribution is -0.180. The molecule has 0 fully saturated rings. The predicted molar refractivity (Wildman–Crippen MR) is 60.0 cm³/mol. The van der Waals surface area contributed by atoms with E-state index in [1.165, 1.54) is 5.56 Å². The molecule has 2 heteroatoms. The molecule has 0 aliphatic carbocycles. The summed E-state index contributed by atoms with van der Waals surface area (Å²) in [6.45, 7) is 8.90. The van der Waals surface area contributed by atoms with Crippen LogP contribution in [0.4, 0.5) is 0 Å². The number of benzene rings is 1. The zero-order valence-electron chi connectivity index (χ0n) is 9.83. The molecule has 82 valence electrons. The van der Waals surface area contributed by atoms with Crippen LogP contribution in [0.15, 0.2) is 18.2 Å². The fourth-order valence-corrected chi connectivity index (χ4v) is 1.69. The fraction of sp³-hybridized carbons (Fsp3) is 0.538. The fourth-order valence-electron chi connectivity index (χ4n) is 1.69. The molecule has 15 heavy (non-hydrogen) atoms. The Morgan fingerprint density at radius 3 is 2.67 bits per heavy atom. The number of fused-ring (bicyclic) bond motifs is 1. The van der Waals surface area contributed by atoms with Crippen molar-refractivity contribution in [2.45, 2.75) is 46.0 Å². The lowest BCUT2D eigenvalue weighted by atomic mass is 10.0. The molecular formula is C13H18O2. The molecule has 2 rings (SSSR count). The Hall–Kier alpha value is -1.02. The van der Waals surface area contributed by atoms with Crippen molar-refractivity contribution in [1.29, 1.82) is 0 Å². The summed E-state index contributed by atoms with van der Waals surface area (Å²) in [4.78, 5) is 0. The first-order valence-corrected chi connectivity index (χ1v) is 5.44. The molecule has 0 amide bonds. The first-order valence-electron chi connectivity index (χ1n) is 5.44. The van der Waals surface area contributed by atoms with Gasteiger partial charge in [-0.1, -0.05) is 26.0 Å². The number of rotatable bonds is 1. The minimum absolute atomic E-state index is 0.497. The minimum atomic E-state index is -0.497. The van der Waals surface area contributed by atoms with E-state index < -0.39 is 5.79 Å². The highest BCUT2D eigenvalue weighted by atomic mass is 16.7.